The molecule has 90 valence electrons. The number of aryl methyl sites for hydroxylation is 1. The molecule has 1 aromatic heterocycles. The fraction of sp³-hybridized carbons (Fsp3) is 0.0625. The zero-order chi connectivity index (χ0) is 12.5. The van der Waals surface area contributed by atoms with Gasteiger partial charge in [-0.15, -0.1) is 20.7 Å². The van der Waals surface area contributed by atoms with Crippen LogP contribution in [-0.2, 0) is 0 Å². The quantitative estimate of drug-likeness (QED) is 0.628. The highest BCUT2D eigenvalue weighted by molar-refractivity contribution is 14.2. The van der Waals surface area contributed by atoms with Gasteiger partial charge >= 0.3 is 0 Å². The van der Waals surface area contributed by atoms with Crippen LogP contribution in [0.25, 0.3) is 27.8 Å². The second kappa shape index (κ2) is 4.69. The zero-order valence-corrected chi connectivity index (χ0v) is 12.4. The van der Waals surface area contributed by atoms with Gasteiger partial charge < -0.3 is 4.98 Å². The van der Waals surface area contributed by atoms with Crippen LogP contribution in [-0.4, -0.2) is 9.50 Å². The second-order valence-corrected chi connectivity index (χ2v) is 5.96. The van der Waals surface area contributed by atoms with E-state index in [1.807, 2.05) is 0 Å². The molecule has 0 fully saturated rings. The molecule has 0 spiro atoms. The van der Waals surface area contributed by atoms with Crippen molar-refractivity contribution >= 4 is 53.0 Å². The molecule has 2 aromatic carbocycles. The Balaban J connectivity index is 2.32. The van der Waals surface area contributed by atoms with E-state index in [0.717, 1.165) is 0 Å². The number of halogens is 1. The number of aromatic nitrogens is 1. The lowest BCUT2D eigenvalue weighted by Crippen LogP contribution is -1.74. The molecule has 0 saturated heterocycles. The SMILES string of the molecule is C=I/C=C\c1[nH]c2cc3ccccc3cc2c1C. The van der Waals surface area contributed by atoms with Gasteiger partial charge in [0.15, 0.2) is 0 Å². The summed E-state index contributed by atoms with van der Waals surface area (Å²) in [6, 6.07) is 13.0. The zero-order valence-electron chi connectivity index (χ0n) is 10.2. The van der Waals surface area contributed by atoms with Crippen LogP contribution in [0.4, 0.5) is 0 Å². The average molecular weight is 347 g/mol. The van der Waals surface area contributed by atoms with E-state index in [1.54, 1.807) is 0 Å². The summed E-state index contributed by atoms with van der Waals surface area (Å²) in [5.74, 6) is 0. The molecule has 0 unspecified atom stereocenters. The predicted octanol–water partition coefficient (Wildman–Crippen LogP) is 5.00. The second-order valence-electron chi connectivity index (χ2n) is 4.36. The number of H-pyrrole nitrogens is 1. The van der Waals surface area contributed by atoms with E-state index in [-0.39, 0.29) is 20.7 Å². The van der Waals surface area contributed by atoms with Crippen LogP contribution in [0.3, 0.4) is 0 Å². The highest BCUT2D eigenvalue weighted by atomic mass is 127. The van der Waals surface area contributed by atoms with Crippen molar-refractivity contribution in [2.75, 3.05) is 0 Å². The summed E-state index contributed by atoms with van der Waals surface area (Å²) in [5, 5.41) is 3.90. The Morgan fingerprint density at radius 1 is 1.17 bits per heavy atom. The molecule has 1 nitrogen and oxygen atoms in total. The molecular weight excluding hydrogens is 333 g/mol. The van der Waals surface area contributed by atoms with Crippen LogP contribution in [0.1, 0.15) is 11.3 Å². The summed E-state index contributed by atoms with van der Waals surface area (Å²) in [6.07, 6.45) is 2.17. The fourth-order valence-corrected chi connectivity index (χ4v) is 2.93. The first-order valence-corrected chi connectivity index (χ1v) is 8.61. The van der Waals surface area contributed by atoms with Crippen molar-refractivity contribution in [2.24, 2.45) is 0 Å². The van der Waals surface area contributed by atoms with Gasteiger partial charge in [0.25, 0.3) is 0 Å². The van der Waals surface area contributed by atoms with Gasteiger partial charge in [-0.3, -0.25) is 0 Å². The van der Waals surface area contributed by atoms with Gasteiger partial charge in [-0.25, -0.2) is 0 Å². The predicted molar refractivity (Wildman–Crippen MR) is 90.7 cm³/mol. The first kappa shape index (κ1) is 11.7. The van der Waals surface area contributed by atoms with E-state index in [2.05, 4.69) is 63.0 Å². The first-order chi connectivity index (χ1) is 8.79. The van der Waals surface area contributed by atoms with Crippen LogP contribution in [0.2, 0.25) is 0 Å². The Morgan fingerprint density at radius 2 is 1.89 bits per heavy atom. The van der Waals surface area contributed by atoms with Crippen molar-refractivity contribution in [3.63, 3.8) is 0 Å². The molecule has 0 radical (unpaired) electrons. The lowest BCUT2D eigenvalue weighted by atomic mass is 10.1. The van der Waals surface area contributed by atoms with Crippen LogP contribution in [0.5, 0.6) is 0 Å². The fourth-order valence-electron chi connectivity index (χ4n) is 2.31. The Kier molecular flexibility index (Phi) is 3.04. The van der Waals surface area contributed by atoms with Gasteiger partial charge in [0.1, 0.15) is 0 Å². The van der Waals surface area contributed by atoms with Gasteiger partial charge in [-0.05, 0) is 45.6 Å². The molecule has 2 heteroatoms. The molecule has 1 heterocycles. The summed E-state index contributed by atoms with van der Waals surface area (Å²) in [7, 11) is 0. The van der Waals surface area contributed by atoms with Crippen LogP contribution in [0.15, 0.2) is 40.5 Å². The minimum absolute atomic E-state index is 0.0434. The van der Waals surface area contributed by atoms with E-state index in [1.165, 1.54) is 32.9 Å². The lowest BCUT2D eigenvalue weighted by molar-refractivity contribution is 1.38. The molecule has 1 N–H and O–H groups in total. The smallest absolute Gasteiger partial charge is 0.0467 e. The third-order valence-corrected chi connectivity index (χ3v) is 4.15. The maximum Gasteiger partial charge on any atom is 0.0467 e. The van der Waals surface area contributed by atoms with E-state index in [9.17, 15) is 0 Å². The molecule has 0 aliphatic rings. The minimum atomic E-state index is -0.0434. The molecule has 18 heavy (non-hydrogen) atoms. The topological polar surface area (TPSA) is 15.8 Å². The summed E-state index contributed by atoms with van der Waals surface area (Å²) in [4.78, 5) is 3.49. The van der Waals surface area contributed by atoms with Crippen molar-refractivity contribution in [1.82, 2.24) is 4.98 Å². The third-order valence-electron chi connectivity index (χ3n) is 3.28. The monoisotopic (exact) mass is 347 g/mol. The number of hydrogen-bond donors (Lipinski definition) is 1. The van der Waals surface area contributed by atoms with E-state index in [4.69, 9.17) is 0 Å². The Bertz CT molecular complexity index is 765. The normalized spacial score (nSPS) is 11.8. The molecule has 0 aliphatic heterocycles. The van der Waals surface area contributed by atoms with Crippen molar-refractivity contribution in [2.45, 2.75) is 6.92 Å². The first-order valence-electron chi connectivity index (χ1n) is 5.84. The summed E-state index contributed by atoms with van der Waals surface area (Å²) >= 11 is -0.0434. The standard InChI is InChI=1S/C16H14IN/c1-11-14-9-12-5-3-4-6-13(12)10-16(14)18-15(11)7-8-17-2/h3-10,18H,2H2,1H3/b8-7-. The highest BCUT2D eigenvalue weighted by Crippen LogP contribution is 2.27. The maximum atomic E-state index is 3.94. The Labute approximate surface area is 116 Å². The molecule has 3 aromatic rings. The van der Waals surface area contributed by atoms with Crippen LogP contribution in [0, 0.1) is 6.92 Å². The average Bonchev–Trinajstić information content (AvgIpc) is 2.70. The number of fused-ring (bicyclic) bond motifs is 2. The molecular formula is C16H14IN. The number of benzene rings is 2. The van der Waals surface area contributed by atoms with Crippen molar-refractivity contribution in [3.8, 4) is 0 Å². The van der Waals surface area contributed by atoms with Crippen molar-refractivity contribution < 1.29 is 0 Å². The Hall–Kier alpha value is -1.42. The number of nitrogens with one attached hydrogen (secondary N) is 1. The summed E-state index contributed by atoms with van der Waals surface area (Å²) < 4.78 is 6.13. The lowest BCUT2D eigenvalue weighted by Gasteiger charge is -1.98. The molecule has 0 saturated carbocycles. The van der Waals surface area contributed by atoms with E-state index in [0.29, 0.717) is 0 Å². The minimum Gasteiger partial charge on any atom is -0.355 e. The van der Waals surface area contributed by atoms with Crippen LogP contribution < -0.4 is 0 Å². The largest absolute Gasteiger partial charge is 0.355 e. The summed E-state index contributed by atoms with van der Waals surface area (Å²) in [5.41, 5.74) is 3.75. The van der Waals surface area contributed by atoms with Gasteiger partial charge in [-0.1, -0.05) is 28.8 Å². The highest BCUT2D eigenvalue weighted by Gasteiger charge is 2.06. The van der Waals surface area contributed by atoms with Gasteiger partial charge in [-0.2, -0.15) is 0 Å². The van der Waals surface area contributed by atoms with Crippen molar-refractivity contribution in [3.05, 3.63) is 51.7 Å². The van der Waals surface area contributed by atoms with E-state index < -0.39 is 0 Å². The molecule has 0 bridgehead atoms. The van der Waals surface area contributed by atoms with Gasteiger partial charge in [0.2, 0.25) is 0 Å². The van der Waals surface area contributed by atoms with Crippen molar-refractivity contribution in [1.29, 1.82) is 0 Å². The Morgan fingerprint density at radius 3 is 2.61 bits per heavy atom. The molecule has 0 amide bonds. The van der Waals surface area contributed by atoms with Gasteiger partial charge in [0.05, 0.1) is 0 Å². The number of hydrogen-bond acceptors (Lipinski definition) is 0. The molecule has 0 atom stereocenters. The number of aromatic amines is 1. The molecule has 0 aliphatic carbocycles. The summed E-state index contributed by atoms with van der Waals surface area (Å²) in [6.45, 7) is 2.18. The maximum absolute atomic E-state index is 3.94. The van der Waals surface area contributed by atoms with E-state index >= 15 is 0 Å². The van der Waals surface area contributed by atoms with Crippen LogP contribution >= 0.6 is 20.7 Å². The number of rotatable bonds is 2. The third kappa shape index (κ3) is 1.90. The van der Waals surface area contributed by atoms with Gasteiger partial charge in [0, 0.05) is 16.6 Å². The molecule has 3 rings (SSSR count).